The molecule has 1 aromatic rings. The zero-order chi connectivity index (χ0) is 14.7. The lowest BCUT2D eigenvalue weighted by molar-refractivity contribution is -0.130. The number of rotatable bonds is 3. The molecule has 1 amide bonds. The number of hydrogen-bond acceptors (Lipinski definition) is 3. The number of hydrogen-bond donors (Lipinski definition) is 1. The first-order valence-corrected chi connectivity index (χ1v) is 6.94. The van der Waals surface area contributed by atoms with E-state index in [9.17, 15) is 9.18 Å². The number of nitrogens with zero attached hydrogens (tertiary/aromatic N) is 2. The molecule has 0 radical (unpaired) electrons. The summed E-state index contributed by atoms with van der Waals surface area (Å²) in [6, 6.07) is 4.84. The monoisotopic (exact) mass is 295 g/mol. The number of carbonyl (C=O) groups excluding carboxylic acids is 1. The number of thiocarbonyl (C=S) groups is 1. The van der Waals surface area contributed by atoms with Crippen LogP contribution in [0.4, 0.5) is 4.39 Å². The van der Waals surface area contributed by atoms with Gasteiger partial charge in [0.2, 0.25) is 5.91 Å². The molecule has 108 valence electrons. The van der Waals surface area contributed by atoms with Gasteiger partial charge in [-0.2, -0.15) is 0 Å². The summed E-state index contributed by atoms with van der Waals surface area (Å²) in [4.78, 5) is 15.4. The minimum absolute atomic E-state index is 0.0941. The smallest absolute Gasteiger partial charge is 0.219 e. The highest BCUT2D eigenvalue weighted by Crippen LogP contribution is 2.14. The third kappa shape index (κ3) is 3.52. The van der Waals surface area contributed by atoms with Gasteiger partial charge in [0.15, 0.2) is 0 Å². The van der Waals surface area contributed by atoms with Crippen LogP contribution in [0.25, 0.3) is 0 Å². The summed E-state index contributed by atoms with van der Waals surface area (Å²) in [5.74, 6) is -0.194. The Labute approximate surface area is 123 Å². The van der Waals surface area contributed by atoms with Crippen molar-refractivity contribution in [3.05, 3.63) is 35.1 Å². The molecule has 2 N–H and O–H groups in total. The van der Waals surface area contributed by atoms with Gasteiger partial charge in [0.1, 0.15) is 10.8 Å². The molecule has 0 bridgehead atoms. The van der Waals surface area contributed by atoms with Crippen molar-refractivity contribution in [2.45, 2.75) is 13.5 Å². The molecule has 0 aliphatic carbocycles. The summed E-state index contributed by atoms with van der Waals surface area (Å²) in [5, 5.41) is 0. The Bertz CT molecular complexity index is 527. The quantitative estimate of drug-likeness (QED) is 0.849. The van der Waals surface area contributed by atoms with Crippen LogP contribution in [-0.2, 0) is 11.3 Å². The van der Waals surface area contributed by atoms with Crippen LogP contribution in [0.5, 0.6) is 0 Å². The second kappa shape index (κ2) is 6.28. The van der Waals surface area contributed by atoms with Gasteiger partial charge >= 0.3 is 0 Å². The van der Waals surface area contributed by atoms with Gasteiger partial charge in [-0.1, -0.05) is 24.4 Å². The first kappa shape index (κ1) is 14.9. The molecule has 20 heavy (non-hydrogen) atoms. The van der Waals surface area contributed by atoms with Gasteiger partial charge in [-0.25, -0.2) is 4.39 Å². The highest BCUT2D eigenvalue weighted by Gasteiger charge is 2.19. The lowest BCUT2D eigenvalue weighted by Gasteiger charge is -2.34. The predicted octanol–water partition coefficient (Wildman–Crippen LogP) is 1.12. The lowest BCUT2D eigenvalue weighted by Crippen LogP contribution is -2.47. The van der Waals surface area contributed by atoms with Crippen LogP contribution < -0.4 is 5.73 Å². The van der Waals surface area contributed by atoms with Gasteiger partial charge in [-0.3, -0.25) is 9.69 Å². The van der Waals surface area contributed by atoms with Gasteiger partial charge in [-0.15, -0.1) is 0 Å². The fraction of sp³-hybridized carbons (Fsp3) is 0.429. The number of piperazine rings is 1. The summed E-state index contributed by atoms with van der Waals surface area (Å²) in [7, 11) is 0. The van der Waals surface area contributed by atoms with Gasteiger partial charge in [0.05, 0.1) is 0 Å². The highest BCUT2D eigenvalue weighted by molar-refractivity contribution is 7.80. The van der Waals surface area contributed by atoms with Crippen molar-refractivity contribution < 1.29 is 9.18 Å². The predicted molar refractivity (Wildman–Crippen MR) is 79.8 cm³/mol. The SMILES string of the molecule is CC(=O)N1CCN(Cc2ccc(C(N)=S)cc2F)CC1. The standard InChI is InChI=1S/C14H18FN3OS/c1-10(19)18-6-4-17(5-7-18)9-12-3-2-11(14(16)20)8-13(12)15/h2-3,8H,4-7,9H2,1H3,(H2,16,20). The van der Waals surface area contributed by atoms with Gasteiger partial charge < -0.3 is 10.6 Å². The van der Waals surface area contributed by atoms with Crippen molar-refractivity contribution in [1.82, 2.24) is 9.80 Å². The molecule has 0 saturated carbocycles. The van der Waals surface area contributed by atoms with E-state index < -0.39 is 0 Å². The fourth-order valence-corrected chi connectivity index (χ4v) is 2.42. The minimum Gasteiger partial charge on any atom is -0.389 e. The molecule has 4 nitrogen and oxygen atoms in total. The van der Waals surface area contributed by atoms with Crippen molar-refractivity contribution in [3.8, 4) is 0 Å². The first-order chi connectivity index (χ1) is 9.47. The summed E-state index contributed by atoms with van der Waals surface area (Å²) < 4.78 is 14.0. The molecule has 0 atom stereocenters. The third-order valence-corrected chi connectivity index (χ3v) is 3.78. The molecule has 1 aliphatic heterocycles. The van der Waals surface area contributed by atoms with Crippen LogP contribution >= 0.6 is 12.2 Å². The number of benzene rings is 1. The number of amides is 1. The van der Waals surface area contributed by atoms with Crippen molar-refractivity contribution in [1.29, 1.82) is 0 Å². The van der Waals surface area contributed by atoms with Crippen LogP contribution in [0.15, 0.2) is 18.2 Å². The Morgan fingerprint density at radius 2 is 2.00 bits per heavy atom. The van der Waals surface area contributed by atoms with E-state index in [0.717, 1.165) is 13.1 Å². The number of nitrogens with two attached hydrogens (primary N) is 1. The topological polar surface area (TPSA) is 49.6 Å². The van der Waals surface area contributed by atoms with Crippen LogP contribution in [0.1, 0.15) is 18.1 Å². The average Bonchev–Trinajstić information content (AvgIpc) is 2.41. The lowest BCUT2D eigenvalue weighted by atomic mass is 10.1. The summed E-state index contributed by atoms with van der Waals surface area (Å²) in [5.41, 5.74) is 6.65. The Balaban J connectivity index is 1.98. The van der Waals surface area contributed by atoms with Crippen LogP contribution in [0, 0.1) is 5.82 Å². The Morgan fingerprint density at radius 3 is 2.50 bits per heavy atom. The zero-order valence-electron chi connectivity index (χ0n) is 11.4. The van der Waals surface area contributed by atoms with Crippen molar-refractivity contribution in [2.75, 3.05) is 26.2 Å². The van der Waals surface area contributed by atoms with E-state index in [1.807, 2.05) is 4.90 Å². The normalized spacial score (nSPS) is 16.2. The van der Waals surface area contributed by atoms with Gasteiger partial charge in [0, 0.05) is 50.8 Å². The molecular formula is C14H18FN3OS. The molecule has 0 unspecified atom stereocenters. The Kier molecular flexibility index (Phi) is 4.67. The number of halogens is 1. The van der Waals surface area contributed by atoms with Crippen molar-refractivity contribution in [3.63, 3.8) is 0 Å². The van der Waals surface area contributed by atoms with E-state index in [0.29, 0.717) is 30.8 Å². The second-order valence-electron chi connectivity index (χ2n) is 4.95. The zero-order valence-corrected chi connectivity index (χ0v) is 12.3. The largest absolute Gasteiger partial charge is 0.389 e. The third-order valence-electron chi connectivity index (χ3n) is 3.55. The van der Waals surface area contributed by atoms with Crippen molar-refractivity contribution >= 4 is 23.1 Å². The van der Waals surface area contributed by atoms with Crippen LogP contribution in [0.2, 0.25) is 0 Å². The maximum atomic E-state index is 14.0. The molecule has 0 spiro atoms. The number of carbonyl (C=O) groups is 1. The molecule has 6 heteroatoms. The summed E-state index contributed by atoms with van der Waals surface area (Å²) in [6.07, 6.45) is 0. The molecule has 0 aromatic heterocycles. The minimum atomic E-state index is -0.288. The Morgan fingerprint density at radius 1 is 1.35 bits per heavy atom. The molecule has 1 aromatic carbocycles. The fourth-order valence-electron chi connectivity index (χ4n) is 2.29. The van der Waals surface area contributed by atoms with E-state index in [-0.39, 0.29) is 16.7 Å². The molecular weight excluding hydrogens is 277 g/mol. The van der Waals surface area contributed by atoms with E-state index >= 15 is 0 Å². The van der Waals surface area contributed by atoms with Gasteiger partial charge in [-0.05, 0) is 6.07 Å². The summed E-state index contributed by atoms with van der Waals surface area (Å²) in [6.45, 7) is 5.02. The molecule has 1 aliphatic rings. The molecule has 1 heterocycles. The Hall–Kier alpha value is -1.53. The molecule has 1 fully saturated rings. The maximum Gasteiger partial charge on any atom is 0.219 e. The summed E-state index contributed by atoms with van der Waals surface area (Å²) >= 11 is 4.83. The molecule has 2 rings (SSSR count). The van der Waals surface area contributed by atoms with Crippen LogP contribution in [0.3, 0.4) is 0 Å². The maximum absolute atomic E-state index is 14.0. The van der Waals surface area contributed by atoms with Crippen LogP contribution in [-0.4, -0.2) is 46.9 Å². The highest BCUT2D eigenvalue weighted by atomic mass is 32.1. The average molecular weight is 295 g/mol. The van der Waals surface area contributed by atoms with E-state index in [1.165, 1.54) is 6.07 Å². The van der Waals surface area contributed by atoms with E-state index in [4.69, 9.17) is 18.0 Å². The molecule has 1 saturated heterocycles. The second-order valence-corrected chi connectivity index (χ2v) is 5.39. The van der Waals surface area contributed by atoms with E-state index in [2.05, 4.69) is 4.90 Å². The van der Waals surface area contributed by atoms with Crippen molar-refractivity contribution in [2.24, 2.45) is 5.73 Å². The first-order valence-electron chi connectivity index (χ1n) is 6.53. The van der Waals surface area contributed by atoms with Gasteiger partial charge in [0.25, 0.3) is 0 Å². The van der Waals surface area contributed by atoms with E-state index in [1.54, 1.807) is 19.1 Å².